The van der Waals surface area contributed by atoms with E-state index in [2.05, 4.69) is 204 Å². The Kier molecular flexibility index (Phi) is 10.5. The Labute approximate surface area is 336 Å². The van der Waals surface area contributed by atoms with Gasteiger partial charge in [0, 0.05) is 17.1 Å². The highest BCUT2D eigenvalue weighted by Crippen LogP contribution is 2.39. The lowest BCUT2D eigenvalue weighted by atomic mass is 9.82. The molecule has 0 N–H and O–H groups in total. The van der Waals surface area contributed by atoms with Gasteiger partial charge in [0.05, 0.1) is 0 Å². The van der Waals surface area contributed by atoms with Gasteiger partial charge >= 0.3 is 0 Å². The summed E-state index contributed by atoms with van der Waals surface area (Å²) in [5.74, 6) is 2.79. The van der Waals surface area contributed by atoms with Crippen molar-refractivity contribution in [2.24, 2.45) is 11.8 Å². The van der Waals surface area contributed by atoms with Gasteiger partial charge in [-0.3, -0.25) is 0 Å². The highest BCUT2D eigenvalue weighted by molar-refractivity contribution is 5.79. The van der Waals surface area contributed by atoms with E-state index in [0.29, 0.717) is 5.82 Å². The molecule has 4 aromatic carbocycles. The minimum absolute atomic E-state index is 0.0284. The molecule has 56 heavy (non-hydrogen) atoms. The summed E-state index contributed by atoms with van der Waals surface area (Å²) in [4.78, 5) is 15.7. The molecule has 5 aromatic rings. The maximum absolute atomic E-state index is 5.27. The lowest BCUT2D eigenvalue weighted by Crippen LogP contribution is -2.17. The number of rotatable bonds is 6. The van der Waals surface area contributed by atoms with E-state index < -0.39 is 0 Å². The highest BCUT2D eigenvalue weighted by atomic mass is 15.0. The van der Waals surface area contributed by atoms with E-state index in [0.717, 1.165) is 29.2 Å². The van der Waals surface area contributed by atoms with Gasteiger partial charge in [-0.15, -0.1) is 0 Å². The molecule has 3 nitrogen and oxygen atoms in total. The van der Waals surface area contributed by atoms with Crippen molar-refractivity contribution < 1.29 is 0 Å². The molecule has 0 amide bonds. The van der Waals surface area contributed by atoms with Crippen LogP contribution in [-0.4, -0.2) is 15.0 Å². The standard InChI is InChI=1S/C53H59N3/c1-34-32-41(38-18-26-44(27-19-38)52(6,7)8)22-30-46(34)49-54-48(40-14-12-36(13-15-40)37-16-24-43(25-17-37)51(3,4)5)55-50(56-49)47-31-23-42(33-35(47)2)39-20-28-45(29-21-39)53(9,10)11/h12-32,34-35,46H,33H2,1-11H3. The lowest BCUT2D eigenvalue weighted by molar-refractivity contribution is 0.590. The average Bonchev–Trinajstić information content (AvgIpc) is 3.17. The Balaban J connectivity index is 1.23. The van der Waals surface area contributed by atoms with Crippen LogP contribution in [0.4, 0.5) is 0 Å². The molecule has 3 unspecified atom stereocenters. The molecular weight excluding hydrogens is 679 g/mol. The summed E-state index contributed by atoms with van der Waals surface area (Å²) in [6.07, 6.45) is 12.4. The minimum Gasteiger partial charge on any atom is -0.213 e. The first kappa shape index (κ1) is 39.1. The smallest absolute Gasteiger partial charge is 0.163 e. The molecule has 0 fully saturated rings. The zero-order valence-electron chi connectivity index (χ0n) is 35.4. The van der Waals surface area contributed by atoms with E-state index in [-0.39, 0.29) is 34.0 Å². The number of aromatic nitrogens is 3. The average molecular weight is 738 g/mol. The third kappa shape index (κ3) is 8.48. The van der Waals surface area contributed by atoms with Gasteiger partial charge in [-0.25, -0.2) is 15.0 Å². The molecule has 3 heteroatoms. The number of nitrogens with zero attached hydrogens (tertiary/aromatic N) is 3. The molecule has 2 aliphatic rings. The minimum atomic E-state index is 0.0284. The van der Waals surface area contributed by atoms with Crippen LogP contribution in [0.3, 0.4) is 0 Å². The van der Waals surface area contributed by atoms with Crippen molar-refractivity contribution in [1.29, 1.82) is 0 Å². The number of hydrogen-bond acceptors (Lipinski definition) is 3. The maximum Gasteiger partial charge on any atom is 0.163 e. The Morgan fingerprint density at radius 1 is 0.482 bits per heavy atom. The lowest BCUT2D eigenvalue weighted by Gasteiger charge is -2.25. The third-order valence-electron chi connectivity index (χ3n) is 11.7. The molecular formula is C53H59N3. The zero-order valence-corrected chi connectivity index (χ0v) is 35.4. The number of allylic oxidation sites excluding steroid dienone is 8. The van der Waals surface area contributed by atoms with Crippen LogP contribution in [0, 0.1) is 11.8 Å². The predicted octanol–water partition coefficient (Wildman–Crippen LogP) is 14.0. The quantitative estimate of drug-likeness (QED) is 0.174. The molecule has 0 saturated carbocycles. The van der Waals surface area contributed by atoms with Crippen LogP contribution >= 0.6 is 0 Å². The van der Waals surface area contributed by atoms with Crippen LogP contribution in [0.15, 0.2) is 127 Å². The van der Waals surface area contributed by atoms with E-state index in [1.54, 1.807) is 0 Å². The van der Waals surface area contributed by atoms with Crippen molar-refractivity contribution in [3.63, 3.8) is 0 Å². The molecule has 0 spiro atoms. The molecule has 1 aromatic heterocycles. The largest absolute Gasteiger partial charge is 0.213 e. The van der Waals surface area contributed by atoms with Gasteiger partial charge in [-0.1, -0.05) is 204 Å². The van der Waals surface area contributed by atoms with Gasteiger partial charge in [0.1, 0.15) is 5.82 Å². The van der Waals surface area contributed by atoms with Crippen molar-refractivity contribution in [2.75, 3.05) is 0 Å². The summed E-state index contributed by atoms with van der Waals surface area (Å²) >= 11 is 0. The zero-order chi connectivity index (χ0) is 40.0. The molecule has 3 atom stereocenters. The fourth-order valence-corrected chi connectivity index (χ4v) is 7.83. The summed E-state index contributed by atoms with van der Waals surface area (Å²) in [7, 11) is 0. The third-order valence-corrected chi connectivity index (χ3v) is 11.7. The first-order valence-electron chi connectivity index (χ1n) is 20.4. The fraction of sp³-hybridized carbons (Fsp3) is 0.340. The van der Waals surface area contributed by atoms with Gasteiger partial charge in [-0.2, -0.15) is 0 Å². The normalized spacial score (nSPS) is 19.0. The Morgan fingerprint density at radius 2 is 0.929 bits per heavy atom. The topological polar surface area (TPSA) is 38.7 Å². The predicted molar refractivity (Wildman–Crippen MR) is 238 cm³/mol. The Hall–Kier alpha value is -5.15. The van der Waals surface area contributed by atoms with Crippen LogP contribution in [0.5, 0.6) is 0 Å². The Morgan fingerprint density at radius 3 is 1.41 bits per heavy atom. The Bertz CT molecular complexity index is 2310. The van der Waals surface area contributed by atoms with Crippen LogP contribution in [0.25, 0.3) is 39.2 Å². The maximum atomic E-state index is 5.27. The van der Waals surface area contributed by atoms with Crippen molar-refractivity contribution in [1.82, 2.24) is 15.0 Å². The monoisotopic (exact) mass is 737 g/mol. The SMILES string of the molecule is CC1CC(c2ccc(C(C)(C)C)cc2)=CC=C1c1nc(-c2ccc(-c3ccc(C(C)(C)C)cc3)cc2)nc(C2C=CC(c3ccc(C(C)(C)C)cc3)=CC2C)n1. The van der Waals surface area contributed by atoms with E-state index in [4.69, 9.17) is 15.0 Å². The van der Waals surface area contributed by atoms with Gasteiger partial charge in [0.25, 0.3) is 0 Å². The van der Waals surface area contributed by atoms with Gasteiger partial charge < -0.3 is 0 Å². The summed E-state index contributed by atoms with van der Waals surface area (Å²) in [5, 5.41) is 0. The van der Waals surface area contributed by atoms with E-state index in [9.17, 15) is 0 Å². The number of hydrogen-bond donors (Lipinski definition) is 0. The number of benzene rings is 4. The second-order valence-corrected chi connectivity index (χ2v) is 19.2. The van der Waals surface area contributed by atoms with Crippen LogP contribution in [-0.2, 0) is 16.2 Å². The molecule has 2 aliphatic carbocycles. The van der Waals surface area contributed by atoms with E-state index in [1.165, 1.54) is 50.1 Å². The summed E-state index contributed by atoms with van der Waals surface area (Å²) < 4.78 is 0. The summed E-state index contributed by atoms with van der Waals surface area (Å²) in [6.45, 7) is 24.9. The van der Waals surface area contributed by atoms with Crippen molar-refractivity contribution >= 4 is 16.7 Å². The van der Waals surface area contributed by atoms with Crippen LogP contribution in [0.2, 0.25) is 0 Å². The van der Waals surface area contributed by atoms with Crippen molar-refractivity contribution in [2.45, 2.75) is 105 Å². The molecule has 7 rings (SSSR count). The molecule has 286 valence electrons. The molecule has 0 radical (unpaired) electrons. The molecule has 0 bridgehead atoms. The van der Waals surface area contributed by atoms with E-state index in [1.807, 2.05) is 0 Å². The summed E-state index contributed by atoms with van der Waals surface area (Å²) in [5.41, 5.74) is 14.0. The van der Waals surface area contributed by atoms with Crippen LogP contribution < -0.4 is 0 Å². The second kappa shape index (κ2) is 15.1. The highest BCUT2D eigenvalue weighted by Gasteiger charge is 2.27. The molecule has 0 aliphatic heterocycles. The van der Waals surface area contributed by atoms with Crippen molar-refractivity contribution in [3.05, 3.63) is 167 Å². The van der Waals surface area contributed by atoms with E-state index >= 15 is 0 Å². The first-order valence-corrected chi connectivity index (χ1v) is 20.4. The van der Waals surface area contributed by atoms with Crippen LogP contribution in [0.1, 0.15) is 128 Å². The van der Waals surface area contributed by atoms with Gasteiger partial charge in [0.2, 0.25) is 0 Å². The summed E-state index contributed by atoms with van der Waals surface area (Å²) in [6, 6.07) is 35.8. The van der Waals surface area contributed by atoms with Gasteiger partial charge in [-0.05, 0) is 84.6 Å². The first-order chi connectivity index (χ1) is 26.4. The molecule has 0 saturated heterocycles. The fourth-order valence-electron chi connectivity index (χ4n) is 7.83. The second-order valence-electron chi connectivity index (χ2n) is 19.2. The van der Waals surface area contributed by atoms with Gasteiger partial charge in [0.15, 0.2) is 11.6 Å². The van der Waals surface area contributed by atoms with Crippen molar-refractivity contribution in [3.8, 4) is 22.5 Å². The molecule has 1 heterocycles.